The van der Waals surface area contributed by atoms with Crippen LogP contribution in [0.3, 0.4) is 0 Å². The van der Waals surface area contributed by atoms with Crippen LogP contribution in [0.25, 0.3) is 0 Å². The molecule has 0 saturated carbocycles. The second-order valence-corrected chi connectivity index (χ2v) is 7.88. The second-order valence-electron chi connectivity index (χ2n) is 7.88. The zero-order valence-electron chi connectivity index (χ0n) is 15.6. The smallest absolute Gasteiger partial charge is 0.141 e. The van der Waals surface area contributed by atoms with Gasteiger partial charge in [-0.2, -0.15) is 0 Å². The van der Waals surface area contributed by atoms with Crippen LogP contribution < -0.4 is 0 Å². The Bertz CT molecular complexity index is 534. The summed E-state index contributed by atoms with van der Waals surface area (Å²) in [5.41, 5.74) is 5.31. The third-order valence-corrected chi connectivity index (χ3v) is 5.96. The van der Waals surface area contributed by atoms with Crippen molar-refractivity contribution < 1.29 is 4.74 Å². The Kier molecular flexibility index (Phi) is 5.95. The molecule has 0 saturated heterocycles. The molecule has 1 atom stereocenters. The van der Waals surface area contributed by atoms with Crippen molar-refractivity contribution in [3.05, 3.63) is 41.4 Å². The molecule has 0 amide bonds. The highest BCUT2D eigenvalue weighted by Crippen LogP contribution is 2.45. The van der Waals surface area contributed by atoms with Crippen molar-refractivity contribution in [2.75, 3.05) is 20.3 Å². The van der Waals surface area contributed by atoms with Gasteiger partial charge in [0.1, 0.15) is 12.5 Å². The molecular formula is C21H33NO. The van der Waals surface area contributed by atoms with Gasteiger partial charge in [0.2, 0.25) is 0 Å². The lowest BCUT2D eigenvalue weighted by Crippen LogP contribution is -2.32. The fraction of sp³-hybridized carbons (Fsp3) is 0.667. The van der Waals surface area contributed by atoms with Gasteiger partial charge in [0.15, 0.2) is 0 Å². The number of nitrogens with zero attached hydrogens (tertiary/aromatic N) is 1. The molecule has 2 heteroatoms. The van der Waals surface area contributed by atoms with E-state index in [0.29, 0.717) is 6.73 Å². The molecule has 0 fully saturated rings. The van der Waals surface area contributed by atoms with Crippen LogP contribution in [0.5, 0.6) is 0 Å². The molecule has 1 unspecified atom stereocenters. The molecule has 2 aliphatic rings. The van der Waals surface area contributed by atoms with Crippen LogP contribution in [0.15, 0.2) is 41.4 Å². The number of hydrogen-bond acceptors (Lipinski definition) is 2. The molecule has 0 spiro atoms. The van der Waals surface area contributed by atoms with E-state index >= 15 is 0 Å². The summed E-state index contributed by atoms with van der Waals surface area (Å²) in [4.78, 5) is 2.24. The fourth-order valence-electron chi connectivity index (χ4n) is 3.12. The van der Waals surface area contributed by atoms with Gasteiger partial charge in [0.05, 0.1) is 0 Å². The Morgan fingerprint density at radius 1 is 1.30 bits per heavy atom. The molecule has 0 aromatic heterocycles. The Morgan fingerprint density at radius 2 is 2.09 bits per heavy atom. The summed E-state index contributed by atoms with van der Waals surface area (Å²) in [6.45, 7) is 11.2. The van der Waals surface area contributed by atoms with Crippen LogP contribution in [0, 0.1) is 10.8 Å². The third-order valence-electron chi connectivity index (χ3n) is 5.96. The number of allylic oxidation sites excluding steroid dienone is 3. The highest BCUT2D eigenvalue weighted by molar-refractivity contribution is 5.19. The maximum atomic E-state index is 6.02. The van der Waals surface area contributed by atoms with Gasteiger partial charge in [-0.1, -0.05) is 46.3 Å². The largest absolute Gasteiger partial charge is 0.482 e. The maximum absolute atomic E-state index is 6.02. The van der Waals surface area contributed by atoms with Gasteiger partial charge in [0, 0.05) is 18.4 Å². The lowest BCUT2D eigenvalue weighted by Gasteiger charge is -2.41. The SMILES string of the molecule is CCC(C)(C)C1(C)C=C=CCC2=C(C/C=C\C1)CCN(C)CO2. The van der Waals surface area contributed by atoms with E-state index in [1.54, 1.807) is 0 Å². The Labute approximate surface area is 142 Å². The van der Waals surface area contributed by atoms with Crippen LogP contribution >= 0.6 is 0 Å². The monoisotopic (exact) mass is 315 g/mol. The van der Waals surface area contributed by atoms with E-state index in [9.17, 15) is 0 Å². The summed E-state index contributed by atoms with van der Waals surface area (Å²) in [6, 6.07) is 0. The molecule has 2 rings (SSSR count). The van der Waals surface area contributed by atoms with Crippen LogP contribution in [-0.2, 0) is 4.74 Å². The molecule has 23 heavy (non-hydrogen) atoms. The van der Waals surface area contributed by atoms with E-state index in [-0.39, 0.29) is 10.8 Å². The summed E-state index contributed by atoms with van der Waals surface area (Å²) >= 11 is 0. The van der Waals surface area contributed by atoms with E-state index < -0.39 is 0 Å². The minimum atomic E-state index is 0.136. The van der Waals surface area contributed by atoms with Crippen molar-refractivity contribution in [2.24, 2.45) is 10.8 Å². The number of ether oxygens (including phenoxy) is 1. The van der Waals surface area contributed by atoms with Crippen molar-refractivity contribution in [2.45, 2.75) is 59.8 Å². The van der Waals surface area contributed by atoms with Crippen LogP contribution in [0.4, 0.5) is 0 Å². The van der Waals surface area contributed by atoms with Gasteiger partial charge in [-0.3, -0.25) is 4.90 Å². The Morgan fingerprint density at radius 3 is 2.83 bits per heavy atom. The molecular weight excluding hydrogens is 282 g/mol. The zero-order chi connectivity index (χ0) is 16.9. The topological polar surface area (TPSA) is 12.5 Å². The molecule has 0 aromatic rings. The number of hydrogen-bond donors (Lipinski definition) is 0. The highest BCUT2D eigenvalue weighted by atomic mass is 16.5. The minimum absolute atomic E-state index is 0.136. The molecule has 1 aliphatic heterocycles. The van der Waals surface area contributed by atoms with Gasteiger partial charge >= 0.3 is 0 Å². The van der Waals surface area contributed by atoms with Gasteiger partial charge in [-0.25, -0.2) is 0 Å². The molecule has 1 aliphatic carbocycles. The summed E-state index contributed by atoms with van der Waals surface area (Å²) in [5.74, 6) is 1.15. The summed E-state index contributed by atoms with van der Waals surface area (Å²) in [6.07, 6.45) is 14.3. The lowest BCUT2D eigenvalue weighted by molar-refractivity contribution is 0.0998. The van der Waals surface area contributed by atoms with Gasteiger partial charge in [-0.15, -0.1) is 5.73 Å². The molecule has 0 bridgehead atoms. The first kappa shape index (κ1) is 18.1. The van der Waals surface area contributed by atoms with Crippen LogP contribution in [0.1, 0.15) is 59.8 Å². The van der Waals surface area contributed by atoms with Crippen molar-refractivity contribution in [3.63, 3.8) is 0 Å². The molecule has 128 valence electrons. The molecule has 0 aromatic carbocycles. The van der Waals surface area contributed by atoms with E-state index in [1.807, 2.05) is 0 Å². The van der Waals surface area contributed by atoms with Crippen LogP contribution in [-0.4, -0.2) is 25.2 Å². The fourth-order valence-corrected chi connectivity index (χ4v) is 3.12. The standard InChI is InChI=1S/C21H33NO/c1-6-20(2,3)21(4)14-9-7-11-18-13-16-22(5)17-23-19(18)12-8-10-15-21/h7-9,15H,6,11-14,16-17H2,1-5H3/b9-7-. The summed E-state index contributed by atoms with van der Waals surface area (Å²) in [5, 5.41) is 0. The van der Waals surface area contributed by atoms with Gasteiger partial charge in [0.25, 0.3) is 0 Å². The summed E-state index contributed by atoms with van der Waals surface area (Å²) in [7, 11) is 2.12. The van der Waals surface area contributed by atoms with E-state index in [0.717, 1.165) is 38.0 Å². The van der Waals surface area contributed by atoms with Crippen molar-refractivity contribution in [1.82, 2.24) is 4.90 Å². The average Bonchev–Trinajstić information content (AvgIpc) is 2.71. The van der Waals surface area contributed by atoms with E-state index in [4.69, 9.17) is 4.74 Å². The first-order valence-electron chi connectivity index (χ1n) is 8.97. The van der Waals surface area contributed by atoms with Gasteiger partial charge in [-0.05, 0) is 49.5 Å². The predicted octanol–water partition coefficient (Wildman–Crippen LogP) is 5.44. The maximum Gasteiger partial charge on any atom is 0.141 e. The molecule has 0 N–H and O–H groups in total. The normalized spacial score (nSPS) is 28.6. The van der Waals surface area contributed by atoms with E-state index in [2.05, 4.69) is 69.7 Å². The van der Waals surface area contributed by atoms with Crippen molar-refractivity contribution in [1.29, 1.82) is 0 Å². The Hall–Kier alpha value is -1.24. The predicted molar refractivity (Wildman–Crippen MR) is 98.0 cm³/mol. The zero-order valence-corrected chi connectivity index (χ0v) is 15.6. The minimum Gasteiger partial charge on any atom is -0.482 e. The van der Waals surface area contributed by atoms with Gasteiger partial charge < -0.3 is 4.74 Å². The Balaban J connectivity index is 2.26. The quantitative estimate of drug-likeness (QED) is 0.496. The molecule has 0 radical (unpaired) electrons. The lowest BCUT2D eigenvalue weighted by atomic mass is 9.63. The van der Waals surface area contributed by atoms with Crippen molar-refractivity contribution in [3.8, 4) is 0 Å². The average molecular weight is 316 g/mol. The van der Waals surface area contributed by atoms with Crippen LogP contribution in [0.2, 0.25) is 0 Å². The second kappa shape index (κ2) is 7.55. The first-order valence-corrected chi connectivity index (χ1v) is 8.97. The van der Waals surface area contributed by atoms with Crippen molar-refractivity contribution >= 4 is 0 Å². The summed E-state index contributed by atoms with van der Waals surface area (Å²) < 4.78 is 6.02. The first-order chi connectivity index (χ1) is 10.9. The highest BCUT2D eigenvalue weighted by Gasteiger charge is 2.36. The third kappa shape index (κ3) is 4.40. The van der Waals surface area contributed by atoms with E-state index in [1.165, 1.54) is 12.0 Å². The molecule has 2 nitrogen and oxygen atoms in total. The number of rotatable bonds is 2. The molecule has 1 heterocycles.